The molecule has 0 spiro atoms. The zero-order valence-corrected chi connectivity index (χ0v) is 61.5. The topological polar surface area (TPSA) is 66.5 Å². The van der Waals surface area contributed by atoms with Gasteiger partial charge in [0.1, 0.15) is 29.2 Å². The van der Waals surface area contributed by atoms with Gasteiger partial charge in [0.15, 0.2) is 0 Å². The maximum Gasteiger partial charge on any atom is 0.137 e. The lowest BCUT2D eigenvalue weighted by molar-refractivity contribution is 0.223. The first kappa shape index (κ1) is 70.3. The van der Waals surface area contributed by atoms with Gasteiger partial charge in [0, 0.05) is 67.6 Å². The summed E-state index contributed by atoms with van der Waals surface area (Å²) < 4.78 is 6.36. The number of unbranched alkanes of at least 4 members (excludes halogenated alkanes) is 3. The van der Waals surface area contributed by atoms with Gasteiger partial charge in [0.25, 0.3) is 0 Å². The summed E-state index contributed by atoms with van der Waals surface area (Å²) in [7, 11) is 0. The number of nitrogens with zero attached hydrogens (tertiary/aromatic N) is 5. The number of rotatable bonds is 22. The molecule has 1 heterocycles. The summed E-state index contributed by atoms with van der Waals surface area (Å²) in [5.41, 5.74) is 27.5. The molecule has 0 fully saturated rings. The average Bonchev–Trinajstić information content (AvgIpc) is 1.62. The second-order valence-corrected chi connectivity index (χ2v) is 28.9. The average molecular weight is 1370 g/mol. The van der Waals surface area contributed by atoms with Gasteiger partial charge in [-0.15, -0.1) is 0 Å². The first-order valence-electron chi connectivity index (χ1n) is 36.9. The first-order chi connectivity index (χ1) is 51.7. The second-order valence-electron chi connectivity index (χ2n) is 28.9. The highest BCUT2D eigenvalue weighted by atomic mass is 16.5. The molecular weight excluding hydrogens is 1290 g/mol. The van der Waals surface area contributed by atoms with Crippen LogP contribution < -0.4 is 14.7 Å². The third-order valence-electron chi connectivity index (χ3n) is 20.4. The Balaban J connectivity index is 0.892. The highest BCUT2D eigenvalue weighted by Crippen LogP contribution is 2.53. The molecule has 0 aromatic heterocycles. The molecule has 12 aromatic rings. The van der Waals surface area contributed by atoms with Gasteiger partial charge in [-0.3, -0.25) is 0 Å². The van der Waals surface area contributed by atoms with E-state index in [-0.39, 0.29) is 16.4 Å². The number of para-hydroxylation sites is 4. The van der Waals surface area contributed by atoms with E-state index in [2.05, 4.69) is 391 Å². The lowest BCUT2D eigenvalue weighted by Gasteiger charge is -2.28. The first-order valence-corrected chi connectivity index (χ1v) is 36.9. The van der Waals surface area contributed by atoms with Crippen LogP contribution in [0, 0.1) is 41.9 Å². The van der Waals surface area contributed by atoms with Crippen molar-refractivity contribution >= 4 is 81.6 Å². The van der Waals surface area contributed by atoms with Crippen LogP contribution in [0.5, 0.6) is 0 Å². The Labute approximate surface area is 626 Å². The van der Waals surface area contributed by atoms with Crippen LogP contribution in [0.3, 0.4) is 0 Å². The minimum Gasteiger partial charge on any atom is -0.461 e. The Hall–Kier alpha value is -12.7. The molecule has 6 nitrogen and oxygen atoms in total. The predicted octanol–water partition coefficient (Wildman–Crippen LogP) is 27.8. The number of fused-ring (bicyclic) bond motifs is 3. The molecule has 0 radical (unpaired) electrons. The third-order valence-corrected chi connectivity index (χ3v) is 20.4. The van der Waals surface area contributed by atoms with Gasteiger partial charge in [-0.05, 0) is 238 Å². The monoisotopic (exact) mass is 1370 g/mol. The van der Waals surface area contributed by atoms with Crippen molar-refractivity contribution in [1.29, 1.82) is 10.5 Å². The fourth-order valence-electron chi connectivity index (χ4n) is 14.6. The minimum absolute atomic E-state index is 0.0439. The number of aryl methyl sites for hydroxylation is 2. The molecule has 0 amide bonds. The Morgan fingerprint density at radius 2 is 0.764 bits per heavy atom. The Morgan fingerprint density at radius 1 is 0.387 bits per heavy atom. The molecule has 12 aromatic carbocycles. The standard InChI is InChI=1S/C100H87N5O/c1-8-9-10-23-62-100(7)96-63-72(3)34-60-92(96)93-61-48-79(67-97(93)100)95-66-77(44-35-73-37-51-87(52-38-73)103(82-24-15-11-16-25-82)83-26-17-12-18-27-83)94(65-78(95)45-36-74-39-53-88(54-40-74)104(84-28-19-13-20-29-84)85-30-21-14-22-31-85)76-46-57-90(58-47-76)105(86-49-32-71(2)33-50-86)89-55-41-75(42-56-89)43-59-91-64-80(81(69-101)70-102)68-98(106-91)99(4,5)6/h11-22,24-61,63-68H,8-10,23,62H2,1-7H3/b44-35+,45-36+,59-43+. The van der Waals surface area contributed by atoms with E-state index in [0.29, 0.717) is 17.1 Å². The van der Waals surface area contributed by atoms with Gasteiger partial charge in [0.05, 0.1) is 0 Å². The molecule has 14 rings (SSSR count). The highest BCUT2D eigenvalue weighted by molar-refractivity contribution is 5.93. The van der Waals surface area contributed by atoms with Crippen molar-refractivity contribution in [2.24, 2.45) is 5.41 Å². The molecule has 1 atom stereocenters. The zero-order chi connectivity index (χ0) is 73.2. The highest BCUT2D eigenvalue weighted by Gasteiger charge is 2.39. The lowest BCUT2D eigenvalue weighted by atomic mass is 9.75. The van der Waals surface area contributed by atoms with Crippen molar-refractivity contribution < 1.29 is 4.74 Å². The van der Waals surface area contributed by atoms with Crippen molar-refractivity contribution in [3.8, 4) is 45.5 Å². The quantitative estimate of drug-likeness (QED) is 0.0383. The molecule has 2 aliphatic rings. The lowest BCUT2D eigenvalue weighted by Crippen LogP contribution is -2.21. The van der Waals surface area contributed by atoms with E-state index in [4.69, 9.17) is 4.74 Å². The fourth-order valence-corrected chi connectivity index (χ4v) is 14.6. The minimum atomic E-state index is -0.347. The van der Waals surface area contributed by atoms with E-state index in [1.807, 2.05) is 12.2 Å². The van der Waals surface area contributed by atoms with E-state index >= 15 is 0 Å². The van der Waals surface area contributed by atoms with E-state index < -0.39 is 0 Å². The number of ether oxygens (including phenoxy) is 1. The molecule has 6 heteroatoms. The third kappa shape index (κ3) is 15.5. The molecule has 0 bridgehead atoms. The molecule has 0 N–H and O–H groups in total. The van der Waals surface area contributed by atoms with Crippen LogP contribution in [-0.2, 0) is 10.2 Å². The van der Waals surface area contributed by atoms with Crippen molar-refractivity contribution in [2.75, 3.05) is 14.7 Å². The van der Waals surface area contributed by atoms with Gasteiger partial charge >= 0.3 is 0 Å². The summed E-state index contributed by atoms with van der Waals surface area (Å²) in [6.07, 6.45) is 22.5. The molecule has 1 aliphatic carbocycles. The van der Waals surface area contributed by atoms with Crippen LogP contribution in [-0.4, -0.2) is 0 Å². The number of hydrogen-bond donors (Lipinski definition) is 0. The number of hydrogen-bond acceptors (Lipinski definition) is 6. The van der Waals surface area contributed by atoms with Crippen LogP contribution in [0.15, 0.2) is 332 Å². The molecule has 0 saturated carbocycles. The SMILES string of the molecule is CCCCCCC1(C)c2cc(C)ccc2-c2ccc(-c3cc(/C=C/c4ccc(N(c5ccccc5)c5ccccc5)cc4)c(-c4ccc(N(c5ccc(C)cc5)c5ccc(/C=C/C6=CC(=C(C#N)C#N)C=C(C(C)(C)C)O6)cc5)cc4)cc3/C=C/c3ccc(N(c4ccccc4)c4ccccc4)cc3)cc21. The zero-order valence-electron chi connectivity index (χ0n) is 61.5. The predicted molar refractivity (Wildman–Crippen MR) is 446 cm³/mol. The fraction of sp³-hybridized carbons (Fsp3) is 0.140. The smallest absolute Gasteiger partial charge is 0.137 e. The van der Waals surface area contributed by atoms with E-state index in [1.54, 1.807) is 12.2 Å². The van der Waals surface area contributed by atoms with Gasteiger partial charge in [-0.25, -0.2) is 0 Å². The number of benzene rings is 12. The summed E-state index contributed by atoms with van der Waals surface area (Å²) in [5, 5.41) is 19.6. The van der Waals surface area contributed by atoms with Gasteiger partial charge in [-0.2, -0.15) is 10.5 Å². The number of nitriles is 2. The van der Waals surface area contributed by atoms with Crippen LogP contribution in [0.25, 0.3) is 63.8 Å². The van der Waals surface area contributed by atoms with Crippen LogP contribution in [0.2, 0.25) is 0 Å². The van der Waals surface area contributed by atoms with Crippen LogP contribution >= 0.6 is 0 Å². The van der Waals surface area contributed by atoms with E-state index in [0.717, 1.165) is 102 Å². The largest absolute Gasteiger partial charge is 0.461 e. The Morgan fingerprint density at radius 3 is 1.20 bits per heavy atom. The summed E-state index contributed by atoms with van der Waals surface area (Å²) >= 11 is 0. The Bertz CT molecular complexity index is 5300. The molecule has 1 unspecified atom stereocenters. The van der Waals surface area contributed by atoms with Crippen LogP contribution in [0.1, 0.15) is 117 Å². The number of allylic oxidation sites excluding steroid dienone is 6. The van der Waals surface area contributed by atoms with Crippen molar-refractivity contribution in [3.63, 3.8) is 0 Å². The molecule has 1 aliphatic heterocycles. The van der Waals surface area contributed by atoms with E-state index in [1.165, 1.54) is 64.6 Å². The molecule has 518 valence electrons. The maximum atomic E-state index is 9.81. The van der Waals surface area contributed by atoms with Crippen LogP contribution in [0.4, 0.5) is 51.2 Å². The normalized spacial score (nSPS) is 13.9. The summed E-state index contributed by atoms with van der Waals surface area (Å²) in [4.78, 5) is 6.92. The summed E-state index contributed by atoms with van der Waals surface area (Å²) in [6, 6.07) is 110. The van der Waals surface area contributed by atoms with Crippen molar-refractivity contribution in [2.45, 2.75) is 86.0 Å². The summed E-state index contributed by atoms with van der Waals surface area (Å²) in [5.74, 6) is 1.24. The maximum absolute atomic E-state index is 9.81. The molecule has 0 saturated heterocycles. The molecule has 106 heavy (non-hydrogen) atoms. The Kier molecular flexibility index (Phi) is 20.9. The van der Waals surface area contributed by atoms with E-state index in [9.17, 15) is 10.5 Å². The number of anilines is 9. The van der Waals surface area contributed by atoms with Gasteiger partial charge < -0.3 is 19.4 Å². The second kappa shape index (κ2) is 31.5. The summed E-state index contributed by atoms with van der Waals surface area (Å²) in [6.45, 7) is 15.3. The van der Waals surface area contributed by atoms with Gasteiger partial charge in [-0.1, -0.05) is 266 Å². The van der Waals surface area contributed by atoms with Crippen molar-refractivity contribution in [3.05, 3.63) is 382 Å². The van der Waals surface area contributed by atoms with Gasteiger partial charge in [0.2, 0.25) is 0 Å². The molecular formula is C100H87N5O. The van der Waals surface area contributed by atoms with Crippen molar-refractivity contribution in [1.82, 2.24) is 0 Å².